The van der Waals surface area contributed by atoms with E-state index in [0.717, 1.165) is 6.42 Å². The third-order valence-corrected chi connectivity index (χ3v) is 3.46. The van der Waals surface area contributed by atoms with E-state index < -0.39 is 0 Å². The lowest BCUT2D eigenvalue weighted by Crippen LogP contribution is -2.19. The fourth-order valence-electron chi connectivity index (χ4n) is 2.71. The number of aromatic amines is 1. The molecule has 16 heavy (non-hydrogen) atoms. The Labute approximate surface area is 96.2 Å². The summed E-state index contributed by atoms with van der Waals surface area (Å²) in [5, 5.41) is 0. The van der Waals surface area contributed by atoms with Crippen LogP contribution in [0.15, 0.2) is 30.3 Å². The van der Waals surface area contributed by atoms with E-state index >= 15 is 0 Å². The van der Waals surface area contributed by atoms with Crippen LogP contribution >= 0.6 is 0 Å². The summed E-state index contributed by atoms with van der Waals surface area (Å²) in [6.45, 7) is 4.35. The summed E-state index contributed by atoms with van der Waals surface area (Å²) in [6, 6.07) is 11.0. The van der Waals surface area contributed by atoms with E-state index in [1.807, 2.05) is 0 Å². The third-order valence-electron chi connectivity index (χ3n) is 3.46. The van der Waals surface area contributed by atoms with Crippen molar-refractivity contribution in [2.24, 2.45) is 0 Å². The highest BCUT2D eigenvalue weighted by atomic mass is 14.7. The minimum Gasteiger partial charge on any atom is -0.208 e. The van der Waals surface area contributed by atoms with Crippen LogP contribution in [0.4, 0.5) is 0 Å². The first-order valence-electron chi connectivity index (χ1n) is 5.86. The number of hydrogen-bond acceptors (Lipinski definition) is 0. The third kappa shape index (κ3) is 1.35. The van der Waals surface area contributed by atoms with Crippen LogP contribution in [-0.4, -0.2) is 0 Å². The Kier molecular flexibility index (Phi) is 2.06. The van der Waals surface area contributed by atoms with Crippen molar-refractivity contribution in [1.29, 1.82) is 0 Å². The second kappa shape index (κ2) is 3.44. The maximum Gasteiger partial charge on any atom is 0.214 e. The molecule has 0 bridgehead atoms. The van der Waals surface area contributed by atoms with Gasteiger partial charge in [0.15, 0.2) is 5.69 Å². The Morgan fingerprint density at radius 2 is 1.88 bits per heavy atom. The molecule has 1 aromatic heterocycles. The normalized spacial score (nSPS) is 13.1. The van der Waals surface area contributed by atoms with Crippen LogP contribution in [-0.2, 0) is 12.8 Å². The highest BCUT2D eigenvalue weighted by molar-refractivity contribution is 5.68. The van der Waals surface area contributed by atoms with Gasteiger partial charge in [0.2, 0.25) is 5.69 Å². The monoisotopic (exact) mass is 210 g/mol. The summed E-state index contributed by atoms with van der Waals surface area (Å²) < 4.78 is 0. The molecule has 0 amide bonds. The molecule has 1 nitrogen and oxygen atoms in total. The average Bonchev–Trinajstić information content (AvgIpc) is 2.28. The summed E-state index contributed by atoms with van der Waals surface area (Å²) >= 11 is 0. The molecule has 1 aliphatic carbocycles. The van der Waals surface area contributed by atoms with Gasteiger partial charge in [0.1, 0.15) is 0 Å². The van der Waals surface area contributed by atoms with Crippen LogP contribution < -0.4 is 4.98 Å². The van der Waals surface area contributed by atoms with E-state index in [1.165, 1.54) is 40.1 Å². The number of hydrogen-bond donors (Lipinski definition) is 0. The highest BCUT2D eigenvalue weighted by Gasteiger charge is 2.23. The van der Waals surface area contributed by atoms with Gasteiger partial charge in [-0.3, -0.25) is 0 Å². The molecule has 1 aromatic carbocycles. The molecule has 0 fully saturated rings. The second-order valence-corrected chi connectivity index (χ2v) is 4.65. The quantitative estimate of drug-likeness (QED) is 0.635. The number of aryl methyl sites for hydroxylation is 3. The van der Waals surface area contributed by atoms with Crippen molar-refractivity contribution in [3.63, 3.8) is 0 Å². The minimum absolute atomic E-state index is 1.16. The Bertz CT molecular complexity index is 555. The smallest absolute Gasteiger partial charge is 0.208 e. The molecule has 0 aliphatic heterocycles. The predicted octanol–water partition coefficient (Wildman–Crippen LogP) is 2.88. The van der Waals surface area contributed by atoms with Gasteiger partial charge in [0.05, 0.1) is 0 Å². The van der Waals surface area contributed by atoms with E-state index in [1.54, 1.807) is 0 Å². The fraction of sp³-hybridized carbons (Fsp3) is 0.267. The zero-order valence-corrected chi connectivity index (χ0v) is 9.80. The molecule has 0 unspecified atom stereocenters. The standard InChI is InChI=1S/C15H15N/c1-10-9-11(2)16-15-13(10)8-7-12-5-3-4-6-14(12)15/h3-6,9H,7-8H2,1-2H3/p+1. The van der Waals surface area contributed by atoms with Crippen LogP contribution in [0.2, 0.25) is 0 Å². The van der Waals surface area contributed by atoms with E-state index in [4.69, 9.17) is 0 Å². The summed E-state index contributed by atoms with van der Waals surface area (Å²) in [5.41, 5.74) is 8.34. The number of aromatic nitrogens is 1. The number of nitrogens with one attached hydrogen (secondary N) is 1. The van der Waals surface area contributed by atoms with Crippen molar-refractivity contribution in [3.05, 3.63) is 52.7 Å². The molecule has 0 spiro atoms. The number of H-pyrrole nitrogens is 1. The zero-order chi connectivity index (χ0) is 11.1. The lowest BCUT2D eigenvalue weighted by atomic mass is 9.87. The Balaban J connectivity index is 2.31. The fourth-order valence-corrected chi connectivity index (χ4v) is 2.71. The van der Waals surface area contributed by atoms with Crippen LogP contribution in [0.1, 0.15) is 22.4 Å². The average molecular weight is 210 g/mol. The van der Waals surface area contributed by atoms with Crippen molar-refractivity contribution < 1.29 is 4.98 Å². The summed E-state index contributed by atoms with van der Waals surface area (Å²) in [4.78, 5) is 3.52. The lowest BCUT2D eigenvalue weighted by Gasteiger charge is -2.16. The first kappa shape index (κ1) is 9.59. The Morgan fingerprint density at radius 1 is 1.06 bits per heavy atom. The number of fused-ring (bicyclic) bond motifs is 3. The Morgan fingerprint density at radius 3 is 2.75 bits per heavy atom. The maximum absolute atomic E-state index is 3.52. The first-order valence-corrected chi connectivity index (χ1v) is 5.86. The number of benzene rings is 1. The second-order valence-electron chi connectivity index (χ2n) is 4.65. The molecule has 1 heteroatoms. The minimum atomic E-state index is 1.16. The van der Waals surface area contributed by atoms with E-state index in [0.29, 0.717) is 0 Å². The van der Waals surface area contributed by atoms with Crippen molar-refractivity contribution in [1.82, 2.24) is 0 Å². The van der Waals surface area contributed by atoms with Gasteiger partial charge in [0.25, 0.3) is 0 Å². The molecule has 0 saturated heterocycles. The molecule has 1 heterocycles. The van der Waals surface area contributed by atoms with Crippen LogP contribution in [0.3, 0.4) is 0 Å². The molecule has 2 aromatic rings. The first-order chi connectivity index (χ1) is 7.75. The van der Waals surface area contributed by atoms with Crippen molar-refractivity contribution in [2.45, 2.75) is 26.7 Å². The summed E-state index contributed by atoms with van der Waals surface area (Å²) in [6.07, 6.45) is 2.33. The van der Waals surface area contributed by atoms with E-state index in [9.17, 15) is 0 Å². The van der Waals surface area contributed by atoms with Crippen molar-refractivity contribution in [3.8, 4) is 11.3 Å². The SMILES string of the molecule is Cc1cc(C)c2c([nH+]1)-c1ccccc1CC2. The van der Waals surface area contributed by atoms with Crippen molar-refractivity contribution >= 4 is 0 Å². The molecule has 3 rings (SSSR count). The van der Waals surface area contributed by atoms with Gasteiger partial charge < -0.3 is 0 Å². The molecule has 0 radical (unpaired) electrons. The molecule has 0 saturated carbocycles. The van der Waals surface area contributed by atoms with Crippen molar-refractivity contribution in [2.75, 3.05) is 0 Å². The molecule has 1 aliphatic rings. The van der Waals surface area contributed by atoms with Crippen LogP contribution in [0, 0.1) is 13.8 Å². The molecule has 1 N–H and O–H groups in total. The largest absolute Gasteiger partial charge is 0.214 e. The van der Waals surface area contributed by atoms with Gasteiger partial charge in [-0.25, -0.2) is 4.98 Å². The number of rotatable bonds is 0. The zero-order valence-electron chi connectivity index (χ0n) is 9.80. The van der Waals surface area contributed by atoms with Gasteiger partial charge in [-0.15, -0.1) is 0 Å². The molecular weight excluding hydrogens is 194 g/mol. The highest BCUT2D eigenvalue weighted by Crippen LogP contribution is 2.31. The van der Waals surface area contributed by atoms with Gasteiger partial charge >= 0.3 is 0 Å². The summed E-state index contributed by atoms with van der Waals surface area (Å²) in [5.74, 6) is 0. The number of pyridine rings is 1. The van der Waals surface area contributed by atoms with Gasteiger partial charge in [-0.2, -0.15) is 0 Å². The molecular formula is C15H16N+. The van der Waals surface area contributed by atoms with E-state index in [-0.39, 0.29) is 0 Å². The van der Waals surface area contributed by atoms with Gasteiger partial charge in [-0.1, -0.05) is 18.2 Å². The van der Waals surface area contributed by atoms with Gasteiger partial charge in [-0.05, 0) is 37.0 Å². The van der Waals surface area contributed by atoms with E-state index in [2.05, 4.69) is 49.2 Å². The lowest BCUT2D eigenvalue weighted by molar-refractivity contribution is -0.375. The Hall–Kier alpha value is -1.63. The van der Waals surface area contributed by atoms with Crippen LogP contribution in [0.25, 0.3) is 11.3 Å². The molecule has 80 valence electrons. The van der Waals surface area contributed by atoms with Crippen LogP contribution in [0.5, 0.6) is 0 Å². The summed E-state index contributed by atoms with van der Waals surface area (Å²) in [7, 11) is 0. The topological polar surface area (TPSA) is 14.1 Å². The molecule has 0 atom stereocenters. The maximum atomic E-state index is 3.52. The van der Waals surface area contributed by atoms with Gasteiger partial charge in [0, 0.05) is 24.1 Å². The predicted molar refractivity (Wildman–Crippen MR) is 65.3 cm³/mol.